The van der Waals surface area contributed by atoms with Gasteiger partial charge in [-0.05, 0) is 29.8 Å². The van der Waals surface area contributed by atoms with Gasteiger partial charge in [-0.25, -0.2) is 0 Å². The molecule has 6 nitrogen and oxygen atoms in total. The molecule has 28 heavy (non-hydrogen) atoms. The van der Waals surface area contributed by atoms with Crippen molar-refractivity contribution in [2.45, 2.75) is 6.04 Å². The Morgan fingerprint density at radius 2 is 1.79 bits per heavy atom. The third-order valence-electron chi connectivity index (χ3n) is 4.89. The number of benzene rings is 2. The van der Waals surface area contributed by atoms with Crippen LogP contribution in [-0.2, 0) is 9.53 Å². The maximum absolute atomic E-state index is 12.3. The van der Waals surface area contributed by atoms with E-state index in [0.717, 1.165) is 32.0 Å². The number of anilines is 1. The Kier molecular flexibility index (Phi) is 7.28. The predicted molar refractivity (Wildman–Crippen MR) is 111 cm³/mol. The molecule has 1 saturated heterocycles. The van der Waals surface area contributed by atoms with E-state index in [2.05, 4.69) is 39.4 Å². The summed E-state index contributed by atoms with van der Waals surface area (Å²) < 4.78 is 11.0. The van der Waals surface area contributed by atoms with Gasteiger partial charge in [-0.2, -0.15) is 0 Å². The monoisotopic (exact) mass is 383 g/mol. The molecule has 0 aliphatic carbocycles. The van der Waals surface area contributed by atoms with Crippen molar-refractivity contribution in [3.05, 3.63) is 60.2 Å². The summed E-state index contributed by atoms with van der Waals surface area (Å²) in [5.74, 6) is 0.577. The zero-order valence-corrected chi connectivity index (χ0v) is 16.6. The topological polar surface area (TPSA) is 54.0 Å². The SMILES string of the molecule is CN(C)c1ccc([C@@H](CNC(=O)COc2ccccc2)N2CCOCC2)cc1. The maximum Gasteiger partial charge on any atom is 0.258 e. The third-order valence-corrected chi connectivity index (χ3v) is 4.89. The molecule has 0 spiro atoms. The second-order valence-corrected chi connectivity index (χ2v) is 7.06. The van der Waals surface area contributed by atoms with Gasteiger partial charge < -0.3 is 19.7 Å². The van der Waals surface area contributed by atoms with Gasteiger partial charge in [0.2, 0.25) is 0 Å². The summed E-state index contributed by atoms with van der Waals surface area (Å²) >= 11 is 0. The molecule has 3 rings (SSSR count). The Hall–Kier alpha value is -2.57. The van der Waals surface area contributed by atoms with Crippen LogP contribution < -0.4 is 15.0 Å². The molecule has 6 heteroatoms. The van der Waals surface area contributed by atoms with Gasteiger partial charge in [0.15, 0.2) is 6.61 Å². The standard InChI is InChI=1S/C22H29N3O3/c1-24(2)19-10-8-18(9-11-19)21(25-12-14-27-15-13-25)16-23-22(26)17-28-20-6-4-3-5-7-20/h3-11,21H,12-17H2,1-2H3,(H,23,26)/t21-/m1/s1. The van der Waals surface area contributed by atoms with E-state index >= 15 is 0 Å². The van der Waals surface area contributed by atoms with Crippen LogP contribution in [0.2, 0.25) is 0 Å². The Morgan fingerprint density at radius 1 is 1.11 bits per heavy atom. The van der Waals surface area contributed by atoms with Crippen LogP contribution in [0.15, 0.2) is 54.6 Å². The molecular weight excluding hydrogens is 354 g/mol. The highest BCUT2D eigenvalue weighted by Crippen LogP contribution is 2.23. The van der Waals surface area contributed by atoms with Crippen molar-refractivity contribution in [3.63, 3.8) is 0 Å². The van der Waals surface area contributed by atoms with Crippen LogP contribution in [0.25, 0.3) is 0 Å². The average molecular weight is 383 g/mol. The van der Waals surface area contributed by atoms with Crippen molar-refractivity contribution in [1.29, 1.82) is 0 Å². The molecule has 1 aliphatic rings. The lowest BCUT2D eigenvalue weighted by Gasteiger charge is -2.35. The fraction of sp³-hybridized carbons (Fsp3) is 0.409. The van der Waals surface area contributed by atoms with Crippen LogP contribution >= 0.6 is 0 Å². The fourth-order valence-electron chi connectivity index (χ4n) is 3.27. The van der Waals surface area contributed by atoms with Crippen LogP contribution in [0.4, 0.5) is 5.69 Å². The Morgan fingerprint density at radius 3 is 2.43 bits per heavy atom. The minimum atomic E-state index is -0.118. The highest BCUT2D eigenvalue weighted by molar-refractivity contribution is 5.77. The molecule has 2 aromatic carbocycles. The number of para-hydroxylation sites is 1. The molecule has 1 atom stereocenters. The zero-order chi connectivity index (χ0) is 19.8. The first-order valence-corrected chi connectivity index (χ1v) is 9.67. The molecular formula is C22H29N3O3. The van der Waals surface area contributed by atoms with Gasteiger partial charge in [0.25, 0.3) is 5.91 Å². The van der Waals surface area contributed by atoms with Crippen LogP contribution in [0.3, 0.4) is 0 Å². The predicted octanol–water partition coefficient (Wildman–Crippen LogP) is 2.32. The number of carbonyl (C=O) groups is 1. The number of hydrogen-bond donors (Lipinski definition) is 1. The summed E-state index contributed by atoms with van der Waals surface area (Å²) in [4.78, 5) is 16.7. The second kappa shape index (κ2) is 10.1. The van der Waals surface area contributed by atoms with Gasteiger partial charge in [-0.1, -0.05) is 30.3 Å². The molecule has 2 aromatic rings. The van der Waals surface area contributed by atoms with Crippen LogP contribution in [0.5, 0.6) is 5.75 Å². The maximum atomic E-state index is 12.3. The van der Waals surface area contributed by atoms with E-state index in [-0.39, 0.29) is 18.6 Å². The molecule has 0 saturated carbocycles. The first-order valence-electron chi connectivity index (χ1n) is 9.67. The van der Waals surface area contributed by atoms with Crippen molar-refractivity contribution >= 4 is 11.6 Å². The Labute approximate surface area is 167 Å². The first kappa shape index (κ1) is 20.2. The molecule has 1 fully saturated rings. The molecule has 0 aromatic heterocycles. The molecule has 1 aliphatic heterocycles. The molecule has 150 valence electrons. The summed E-state index contributed by atoms with van der Waals surface area (Å²) in [7, 11) is 4.06. The zero-order valence-electron chi connectivity index (χ0n) is 16.6. The number of nitrogens with one attached hydrogen (secondary N) is 1. The smallest absolute Gasteiger partial charge is 0.258 e. The van der Waals surface area contributed by atoms with Gasteiger partial charge >= 0.3 is 0 Å². The minimum Gasteiger partial charge on any atom is -0.484 e. The van der Waals surface area contributed by atoms with E-state index in [0.29, 0.717) is 12.3 Å². The molecule has 1 N–H and O–H groups in total. The summed E-state index contributed by atoms with van der Waals surface area (Å²) in [6.45, 7) is 3.71. The minimum absolute atomic E-state index is 0.0133. The van der Waals surface area contributed by atoms with Crippen LogP contribution in [0, 0.1) is 0 Å². The van der Waals surface area contributed by atoms with E-state index in [1.54, 1.807) is 0 Å². The number of amides is 1. The lowest BCUT2D eigenvalue weighted by molar-refractivity contribution is -0.123. The van der Waals surface area contributed by atoms with Gasteiger partial charge in [0.1, 0.15) is 5.75 Å². The number of ether oxygens (including phenoxy) is 2. The molecule has 0 unspecified atom stereocenters. The van der Waals surface area contributed by atoms with Crippen molar-refractivity contribution < 1.29 is 14.3 Å². The third kappa shape index (κ3) is 5.71. The quantitative estimate of drug-likeness (QED) is 0.758. The van der Waals surface area contributed by atoms with E-state index in [9.17, 15) is 4.79 Å². The molecule has 0 radical (unpaired) electrons. The summed E-state index contributed by atoms with van der Waals surface area (Å²) in [6.07, 6.45) is 0. The lowest BCUT2D eigenvalue weighted by atomic mass is 10.0. The number of carbonyl (C=O) groups excluding carboxylic acids is 1. The number of nitrogens with zero attached hydrogens (tertiary/aromatic N) is 2. The lowest BCUT2D eigenvalue weighted by Crippen LogP contribution is -2.44. The van der Waals surface area contributed by atoms with Crippen molar-refractivity contribution in [1.82, 2.24) is 10.2 Å². The van der Waals surface area contributed by atoms with E-state index in [4.69, 9.17) is 9.47 Å². The largest absolute Gasteiger partial charge is 0.484 e. The van der Waals surface area contributed by atoms with Crippen molar-refractivity contribution in [2.75, 3.05) is 58.5 Å². The summed E-state index contributed by atoms with van der Waals surface area (Å²) in [6, 6.07) is 18.0. The second-order valence-electron chi connectivity index (χ2n) is 7.06. The summed E-state index contributed by atoms with van der Waals surface area (Å²) in [5.41, 5.74) is 2.35. The molecule has 1 amide bonds. The van der Waals surface area contributed by atoms with E-state index in [1.165, 1.54) is 5.56 Å². The number of morpholine rings is 1. The van der Waals surface area contributed by atoms with Crippen molar-refractivity contribution in [2.24, 2.45) is 0 Å². The fourth-order valence-corrected chi connectivity index (χ4v) is 3.27. The van der Waals surface area contributed by atoms with Gasteiger partial charge in [0.05, 0.1) is 19.3 Å². The highest BCUT2D eigenvalue weighted by Gasteiger charge is 2.23. The van der Waals surface area contributed by atoms with E-state index in [1.807, 2.05) is 44.4 Å². The molecule has 1 heterocycles. The van der Waals surface area contributed by atoms with E-state index < -0.39 is 0 Å². The first-order chi connectivity index (χ1) is 13.6. The normalized spacial score (nSPS) is 15.6. The van der Waals surface area contributed by atoms with Crippen LogP contribution in [-0.4, -0.2) is 64.4 Å². The van der Waals surface area contributed by atoms with Crippen LogP contribution in [0.1, 0.15) is 11.6 Å². The Balaban J connectivity index is 1.61. The average Bonchev–Trinajstić information content (AvgIpc) is 2.74. The van der Waals surface area contributed by atoms with Gasteiger partial charge in [-0.15, -0.1) is 0 Å². The highest BCUT2D eigenvalue weighted by atomic mass is 16.5. The van der Waals surface area contributed by atoms with Gasteiger partial charge in [-0.3, -0.25) is 9.69 Å². The number of rotatable bonds is 8. The number of hydrogen-bond acceptors (Lipinski definition) is 5. The Bertz CT molecular complexity index is 728. The molecule has 0 bridgehead atoms. The van der Waals surface area contributed by atoms with Gasteiger partial charge in [0, 0.05) is 39.4 Å². The van der Waals surface area contributed by atoms with Crippen molar-refractivity contribution in [3.8, 4) is 5.75 Å². The summed E-state index contributed by atoms with van der Waals surface area (Å²) in [5, 5.41) is 3.03.